The molecule has 1 aromatic rings. The Kier molecular flexibility index (Phi) is 5.74. The molecule has 116 valence electrons. The van der Waals surface area contributed by atoms with Gasteiger partial charge in [-0.2, -0.15) is 0 Å². The molecule has 0 bridgehead atoms. The van der Waals surface area contributed by atoms with E-state index in [2.05, 4.69) is 10.2 Å². The van der Waals surface area contributed by atoms with Crippen molar-refractivity contribution in [2.24, 2.45) is 0 Å². The van der Waals surface area contributed by atoms with Gasteiger partial charge in [0.1, 0.15) is 5.82 Å². The van der Waals surface area contributed by atoms with Gasteiger partial charge in [0.05, 0.1) is 6.54 Å². The zero-order valence-corrected chi connectivity index (χ0v) is 13.0. The summed E-state index contributed by atoms with van der Waals surface area (Å²) in [6.07, 6.45) is 6.25. The number of carbonyl (C=O) groups is 1. The smallest absolute Gasteiger partial charge is 0.234 e. The highest BCUT2D eigenvalue weighted by Crippen LogP contribution is 2.21. The second-order valence-corrected chi connectivity index (χ2v) is 6.07. The molecule has 4 heteroatoms. The molecule has 1 aliphatic carbocycles. The zero-order chi connectivity index (χ0) is 15.2. The van der Waals surface area contributed by atoms with Crippen molar-refractivity contribution in [3.63, 3.8) is 0 Å². The number of benzene rings is 1. The summed E-state index contributed by atoms with van der Waals surface area (Å²) in [4.78, 5) is 14.2. The maximum Gasteiger partial charge on any atom is 0.234 e. The van der Waals surface area contributed by atoms with Gasteiger partial charge in [-0.25, -0.2) is 4.39 Å². The lowest BCUT2D eigenvalue weighted by molar-refractivity contribution is -0.122. The number of halogens is 1. The van der Waals surface area contributed by atoms with E-state index in [1.165, 1.54) is 38.2 Å². The van der Waals surface area contributed by atoms with Crippen molar-refractivity contribution in [3.05, 3.63) is 35.1 Å². The van der Waals surface area contributed by atoms with Gasteiger partial charge in [-0.05, 0) is 44.0 Å². The summed E-state index contributed by atoms with van der Waals surface area (Å²) in [5.41, 5.74) is 1.55. The Morgan fingerprint density at radius 2 is 2.05 bits per heavy atom. The number of aryl methyl sites for hydroxylation is 1. The highest BCUT2D eigenvalue weighted by molar-refractivity contribution is 5.78. The lowest BCUT2D eigenvalue weighted by Gasteiger charge is -2.30. The van der Waals surface area contributed by atoms with Crippen molar-refractivity contribution in [1.29, 1.82) is 0 Å². The molecule has 1 N–H and O–H groups in total. The van der Waals surface area contributed by atoms with Gasteiger partial charge in [-0.1, -0.05) is 31.4 Å². The summed E-state index contributed by atoms with van der Waals surface area (Å²) in [7, 11) is 2.03. The molecule has 0 saturated heterocycles. The number of nitrogens with zero attached hydrogens (tertiary/aromatic N) is 1. The lowest BCUT2D eigenvalue weighted by Crippen LogP contribution is -2.41. The highest BCUT2D eigenvalue weighted by Gasteiger charge is 2.19. The summed E-state index contributed by atoms with van der Waals surface area (Å²) in [6, 6.07) is 5.48. The molecule has 1 saturated carbocycles. The van der Waals surface area contributed by atoms with E-state index in [-0.39, 0.29) is 11.7 Å². The molecule has 0 heterocycles. The number of hydrogen-bond donors (Lipinski definition) is 1. The SMILES string of the molecule is Cc1cc(CNC(=O)CN(C)C2CCCCC2)ccc1F. The fraction of sp³-hybridized carbons (Fsp3) is 0.588. The fourth-order valence-electron chi connectivity index (χ4n) is 2.95. The fourth-order valence-corrected chi connectivity index (χ4v) is 2.95. The molecular weight excluding hydrogens is 267 g/mol. The normalized spacial score (nSPS) is 16.2. The minimum Gasteiger partial charge on any atom is -0.351 e. The van der Waals surface area contributed by atoms with E-state index >= 15 is 0 Å². The standard InChI is InChI=1S/C17H25FN2O/c1-13-10-14(8-9-16(13)18)11-19-17(21)12-20(2)15-6-4-3-5-7-15/h8-10,15H,3-7,11-12H2,1-2H3,(H,19,21). The number of nitrogens with one attached hydrogen (secondary N) is 1. The Balaban J connectivity index is 1.77. The van der Waals surface area contributed by atoms with Gasteiger partial charge in [0.2, 0.25) is 5.91 Å². The van der Waals surface area contributed by atoms with E-state index in [4.69, 9.17) is 0 Å². The van der Waals surface area contributed by atoms with Crippen LogP contribution in [0.5, 0.6) is 0 Å². The molecule has 0 spiro atoms. The predicted octanol–water partition coefficient (Wildman–Crippen LogP) is 3.01. The molecule has 1 amide bonds. The molecule has 1 aromatic carbocycles. The molecule has 0 atom stereocenters. The third-order valence-corrected chi connectivity index (χ3v) is 4.30. The largest absolute Gasteiger partial charge is 0.351 e. The second-order valence-electron chi connectivity index (χ2n) is 6.07. The van der Waals surface area contributed by atoms with E-state index in [0.29, 0.717) is 24.7 Å². The van der Waals surface area contributed by atoms with Crippen molar-refractivity contribution in [3.8, 4) is 0 Å². The van der Waals surface area contributed by atoms with Gasteiger partial charge in [0.25, 0.3) is 0 Å². The summed E-state index contributed by atoms with van der Waals surface area (Å²) in [5, 5.41) is 2.91. The predicted molar refractivity (Wildman–Crippen MR) is 82.5 cm³/mol. The molecule has 1 fully saturated rings. The molecule has 2 rings (SSSR count). The Labute approximate surface area is 126 Å². The van der Waals surface area contributed by atoms with E-state index in [1.54, 1.807) is 19.1 Å². The first kappa shape index (κ1) is 16.0. The molecule has 0 aromatic heterocycles. The maximum absolute atomic E-state index is 13.2. The minimum absolute atomic E-state index is 0.0325. The van der Waals surface area contributed by atoms with Crippen molar-refractivity contribution < 1.29 is 9.18 Å². The van der Waals surface area contributed by atoms with Crippen LogP contribution in [0.1, 0.15) is 43.2 Å². The Hall–Kier alpha value is -1.42. The number of amides is 1. The number of rotatable bonds is 5. The molecule has 3 nitrogen and oxygen atoms in total. The van der Waals surface area contributed by atoms with Crippen LogP contribution in [0.2, 0.25) is 0 Å². The van der Waals surface area contributed by atoms with Crippen LogP contribution in [-0.2, 0) is 11.3 Å². The third-order valence-electron chi connectivity index (χ3n) is 4.30. The average molecular weight is 292 g/mol. The monoisotopic (exact) mass is 292 g/mol. The number of hydrogen-bond acceptors (Lipinski definition) is 2. The van der Waals surface area contributed by atoms with Gasteiger partial charge in [-0.3, -0.25) is 9.69 Å². The van der Waals surface area contributed by atoms with Crippen LogP contribution < -0.4 is 5.32 Å². The molecule has 0 aliphatic heterocycles. The van der Waals surface area contributed by atoms with Crippen LogP contribution in [-0.4, -0.2) is 30.4 Å². The average Bonchev–Trinajstić information content (AvgIpc) is 2.49. The van der Waals surface area contributed by atoms with Crippen molar-refractivity contribution in [2.75, 3.05) is 13.6 Å². The van der Waals surface area contributed by atoms with Gasteiger partial charge < -0.3 is 5.32 Å². The molecule has 0 unspecified atom stereocenters. The first-order chi connectivity index (χ1) is 10.1. The Morgan fingerprint density at radius 3 is 2.71 bits per heavy atom. The maximum atomic E-state index is 13.2. The van der Waals surface area contributed by atoms with E-state index in [9.17, 15) is 9.18 Å². The second kappa shape index (κ2) is 7.55. The molecule has 21 heavy (non-hydrogen) atoms. The summed E-state index contributed by atoms with van der Waals surface area (Å²) < 4.78 is 13.2. The summed E-state index contributed by atoms with van der Waals surface area (Å²) >= 11 is 0. The zero-order valence-electron chi connectivity index (χ0n) is 13.0. The first-order valence-corrected chi connectivity index (χ1v) is 7.78. The Bertz CT molecular complexity index is 484. The Morgan fingerprint density at radius 1 is 1.33 bits per heavy atom. The van der Waals surface area contributed by atoms with Crippen LogP contribution in [0.25, 0.3) is 0 Å². The van der Waals surface area contributed by atoms with Crippen molar-refractivity contribution in [1.82, 2.24) is 10.2 Å². The van der Waals surface area contributed by atoms with Gasteiger partial charge >= 0.3 is 0 Å². The molecular formula is C17H25FN2O. The van der Waals surface area contributed by atoms with Gasteiger partial charge in [-0.15, -0.1) is 0 Å². The molecule has 0 radical (unpaired) electrons. The first-order valence-electron chi connectivity index (χ1n) is 7.78. The van der Waals surface area contributed by atoms with Crippen LogP contribution in [0.4, 0.5) is 4.39 Å². The highest BCUT2D eigenvalue weighted by atomic mass is 19.1. The topological polar surface area (TPSA) is 32.3 Å². The number of likely N-dealkylation sites (N-methyl/N-ethyl adjacent to an activating group) is 1. The van der Waals surface area contributed by atoms with E-state index in [1.807, 2.05) is 7.05 Å². The lowest BCUT2D eigenvalue weighted by atomic mass is 9.94. The summed E-state index contributed by atoms with van der Waals surface area (Å²) in [5.74, 6) is -0.174. The van der Waals surface area contributed by atoms with Crippen molar-refractivity contribution in [2.45, 2.75) is 51.6 Å². The van der Waals surface area contributed by atoms with E-state index < -0.39 is 0 Å². The van der Waals surface area contributed by atoms with Crippen LogP contribution in [0.15, 0.2) is 18.2 Å². The number of carbonyl (C=O) groups excluding carboxylic acids is 1. The quantitative estimate of drug-likeness (QED) is 0.905. The van der Waals surface area contributed by atoms with Crippen LogP contribution in [0, 0.1) is 12.7 Å². The van der Waals surface area contributed by atoms with Gasteiger partial charge in [0.15, 0.2) is 0 Å². The third kappa shape index (κ3) is 4.81. The van der Waals surface area contributed by atoms with Crippen LogP contribution >= 0.6 is 0 Å². The van der Waals surface area contributed by atoms with E-state index in [0.717, 1.165) is 5.56 Å². The summed E-state index contributed by atoms with van der Waals surface area (Å²) in [6.45, 7) is 2.63. The van der Waals surface area contributed by atoms with Gasteiger partial charge in [0, 0.05) is 12.6 Å². The molecule has 1 aliphatic rings. The minimum atomic E-state index is -0.206. The van der Waals surface area contributed by atoms with Crippen LogP contribution in [0.3, 0.4) is 0 Å². The van der Waals surface area contributed by atoms with Crippen molar-refractivity contribution >= 4 is 5.91 Å².